The monoisotopic (exact) mass is 367 g/mol. The van der Waals surface area contributed by atoms with Crippen molar-refractivity contribution in [2.24, 2.45) is 5.11 Å². The van der Waals surface area contributed by atoms with Gasteiger partial charge in [-0.2, -0.15) is 0 Å². The van der Waals surface area contributed by atoms with Gasteiger partial charge in [-0.15, -0.1) is 0 Å². The van der Waals surface area contributed by atoms with Crippen molar-refractivity contribution in [3.63, 3.8) is 0 Å². The second-order valence-corrected chi connectivity index (χ2v) is 5.73. The Labute approximate surface area is 141 Å². The highest BCUT2D eigenvalue weighted by Crippen LogP contribution is 2.29. The van der Waals surface area contributed by atoms with Gasteiger partial charge in [0.15, 0.2) is 12.5 Å². The molecule has 10 unspecified atom stereocenters. The number of hydrogen-bond donors (Lipinski definition) is 7. The molecule has 2 saturated heterocycles. The Morgan fingerprint density at radius 1 is 0.840 bits per heavy atom. The van der Waals surface area contributed by atoms with E-state index in [0.717, 1.165) is 0 Å². The Morgan fingerprint density at radius 2 is 1.48 bits per heavy atom. The van der Waals surface area contributed by atoms with Crippen molar-refractivity contribution < 1.29 is 50.0 Å². The van der Waals surface area contributed by atoms with Gasteiger partial charge in [0.05, 0.1) is 13.2 Å². The van der Waals surface area contributed by atoms with Crippen molar-refractivity contribution in [3.05, 3.63) is 10.4 Å². The van der Waals surface area contributed by atoms with Crippen molar-refractivity contribution in [2.75, 3.05) is 13.2 Å². The minimum absolute atomic E-state index is 0.681. The third-order valence-electron chi connectivity index (χ3n) is 4.14. The van der Waals surface area contributed by atoms with E-state index in [1.807, 2.05) is 0 Å². The van der Waals surface area contributed by atoms with E-state index in [-0.39, 0.29) is 0 Å². The summed E-state index contributed by atoms with van der Waals surface area (Å²) in [6, 6.07) is 0. The predicted molar refractivity (Wildman–Crippen MR) is 75.5 cm³/mol. The Balaban J connectivity index is 2.15. The lowest BCUT2D eigenvalue weighted by Crippen LogP contribution is -2.64. The number of aliphatic hydroxyl groups excluding tert-OH is 7. The van der Waals surface area contributed by atoms with E-state index in [9.17, 15) is 30.6 Å². The summed E-state index contributed by atoms with van der Waals surface area (Å²) in [6.07, 6.45) is -15.4. The van der Waals surface area contributed by atoms with Gasteiger partial charge in [0, 0.05) is 4.91 Å². The van der Waals surface area contributed by atoms with Gasteiger partial charge >= 0.3 is 0 Å². The molecular formula is C12H21N3O10. The standard InChI is InChI=1S/C12H21N3O10/c13-15-14-11-8(21)7(20)10(4(2-17)23-11)25-12-9(22)6(19)5(18)3(1-16)24-12/h3-12,16-22H,1-2H2. The molecule has 2 fully saturated rings. The van der Waals surface area contributed by atoms with E-state index in [1.165, 1.54) is 0 Å². The fourth-order valence-corrected chi connectivity index (χ4v) is 2.72. The number of azide groups is 1. The molecule has 13 heteroatoms. The van der Waals surface area contributed by atoms with Crippen LogP contribution in [-0.4, -0.2) is 110 Å². The van der Waals surface area contributed by atoms with Gasteiger partial charge in [-0.05, 0) is 5.53 Å². The normalized spacial score (nSPS) is 48.0. The Bertz CT molecular complexity index is 488. The molecule has 0 bridgehead atoms. The van der Waals surface area contributed by atoms with Gasteiger partial charge in [-0.1, -0.05) is 5.11 Å². The number of rotatable bonds is 5. The second-order valence-electron chi connectivity index (χ2n) is 5.73. The van der Waals surface area contributed by atoms with Gasteiger partial charge in [-0.25, -0.2) is 0 Å². The first kappa shape index (κ1) is 20.2. The van der Waals surface area contributed by atoms with Crippen LogP contribution >= 0.6 is 0 Å². The molecule has 144 valence electrons. The molecule has 0 radical (unpaired) electrons. The molecule has 2 rings (SSSR count). The first-order chi connectivity index (χ1) is 11.8. The quantitative estimate of drug-likeness (QED) is 0.141. The van der Waals surface area contributed by atoms with E-state index in [2.05, 4.69) is 10.0 Å². The van der Waals surface area contributed by atoms with Crippen LogP contribution in [0.3, 0.4) is 0 Å². The predicted octanol–water partition coefficient (Wildman–Crippen LogP) is -4.08. The van der Waals surface area contributed by atoms with Gasteiger partial charge in [0.25, 0.3) is 0 Å². The lowest BCUT2D eigenvalue weighted by Gasteiger charge is -2.45. The summed E-state index contributed by atoms with van der Waals surface area (Å²) < 4.78 is 15.6. The third-order valence-corrected chi connectivity index (χ3v) is 4.14. The molecule has 7 N–H and O–H groups in total. The maximum absolute atomic E-state index is 10.1. The molecule has 2 aliphatic rings. The average Bonchev–Trinajstić information content (AvgIpc) is 2.61. The van der Waals surface area contributed by atoms with Crippen molar-refractivity contribution in [3.8, 4) is 0 Å². The highest BCUT2D eigenvalue weighted by Gasteiger charge is 2.50. The molecule has 13 nitrogen and oxygen atoms in total. The lowest BCUT2D eigenvalue weighted by atomic mass is 9.96. The van der Waals surface area contributed by atoms with Gasteiger partial charge < -0.3 is 50.0 Å². The number of nitrogens with zero attached hydrogens (tertiary/aromatic N) is 3. The van der Waals surface area contributed by atoms with Gasteiger partial charge in [0.2, 0.25) is 0 Å². The molecule has 25 heavy (non-hydrogen) atoms. The van der Waals surface area contributed by atoms with E-state index in [1.54, 1.807) is 0 Å². The summed E-state index contributed by atoms with van der Waals surface area (Å²) in [5.74, 6) is 0. The summed E-state index contributed by atoms with van der Waals surface area (Å²) in [7, 11) is 0. The maximum atomic E-state index is 10.1. The Kier molecular flexibility index (Phi) is 6.90. The van der Waals surface area contributed by atoms with E-state index in [4.69, 9.17) is 24.8 Å². The summed E-state index contributed by atoms with van der Waals surface area (Å²) in [4.78, 5) is 2.46. The summed E-state index contributed by atoms with van der Waals surface area (Å²) in [5.41, 5.74) is 8.42. The van der Waals surface area contributed by atoms with Crippen LogP contribution in [0.5, 0.6) is 0 Å². The van der Waals surface area contributed by atoms with Gasteiger partial charge in [0.1, 0.15) is 48.8 Å². The molecular weight excluding hydrogens is 346 g/mol. The summed E-state index contributed by atoms with van der Waals surface area (Å²) in [6.45, 7) is -1.37. The van der Waals surface area contributed by atoms with E-state index < -0.39 is 74.6 Å². The first-order valence-electron chi connectivity index (χ1n) is 7.48. The minimum atomic E-state index is -1.74. The van der Waals surface area contributed by atoms with Gasteiger partial charge in [-0.3, -0.25) is 0 Å². The van der Waals surface area contributed by atoms with Crippen LogP contribution in [0, 0.1) is 0 Å². The largest absolute Gasteiger partial charge is 0.394 e. The second kappa shape index (κ2) is 8.53. The van der Waals surface area contributed by atoms with Crippen molar-refractivity contribution in [1.82, 2.24) is 0 Å². The molecule has 10 atom stereocenters. The molecule has 0 aromatic carbocycles. The Morgan fingerprint density at radius 3 is 2.04 bits per heavy atom. The number of hydrogen-bond acceptors (Lipinski definition) is 11. The van der Waals surface area contributed by atoms with Crippen molar-refractivity contribution in [2.45, 2.75) is 61.3 Å². The van der Waals surface area contributed by atoms with Crippen LogP contribution in [0.15, 0.2) is 5.11 Å². The first-order valence-corrected chi connectivity index (χ1v) is 7.48. The maximum Gasteiger partial charge on any atom is 0.187 e. The highest BCUT2D eigenvalue weighted by molar-refractivity contribution is 4.95. The molecule has 0 saturated carbocycles. The number of ether oxygens (including phenoxy) is 3. The SMILES string of the molecule is [N-]=[N+]=NC1OC(CO)C(OC2OC(CO)C(O)C(O)C2O)C(O)C1O. The topological polar surface area (TPSA) is 218 Å². The molecule has 0 amide bonds. The van der Waals surface area contributed by atoms with Crippen LogP contribution in [-0.2, 0) is 14.2 Å². The fourth-order valence-electron chi connectivity index (χ4n) is 2.72. The number of aliphatic hydroxyl groups is 7. The molecule has 2 heterocycles. The molecule has 0 aliphatic carbocycles. The lowest BCUT2D eigenvalue weighted by molar-refractivity contribution is -0.341. The molecule has 0 spiro atoms. The molecule has 2 aliphatic heterocycles. The van der Waals surface area contributed by atoms with E-state index >= 15 is 0 Å². The molecule has 0 aromatic heterocycles. The highest BCUT2D eigenvalue weighted by atomic mass is 16.7. The van der Waals surface area contributed by atoms with Crippen molar-refractivity contribution in [1.29, 1.82) is 0 Å². The fraction of sp³-hybridized carbons (Fsp3) is 1.00. The zero-order valence-corrected chi connectivity index (χ0v) is 12.9. The van der Waals surface area contributed by atoms with Crippen LogP contribution in [0.4, 0.5) is 0 Å². The molecule has 0 aromatic rings. The zero-order chi connectivity index (χ0) is 18.7. The van der Waals surface area contributed by atoms with Crippen LogP contribution in [0.25, 0.3) is 10.4 Å². The summed E-state index contributed by atoms with van der Waals surface area (Å²) >= 11 is 0. The average molecular weight is 367 g/mol. The Hall–Kier alpha value is -1.09. The smallest absolute Gasteiger partial charge is 0.187 e. The van der Waals surface area contributed by atoms with Crippen molar-refractivity contribution >= 4 is 0 Å². The summed E-state index contributed by atoms with van der Waals surface area (Å²) in [5, 5.41) is 71.1. The third kappa shape index (κ3) is 4.02. The zero-order valence-electron chi connectivity index (χ0n) is 12.9. The minimum Gasteiger partial charge on any atom is -0.394 e. The van der Waals surface area contributed by atoms with Crippen LogP contribution in [0.1, 0.15) is 0 Å². The van der Waals surface area contributed by atoms with E-state index in [0.29, 0.717) is 0 Å². The van der Waals surface area contributed by atoms with Crippen LogP contribution < -0.4 is 0 Å². The van der Waals surface area contributed by atoms with Crippen LogP contribution in [0.2, 0.25) is 0 Å².